The van der Waals surface area contributed by atoms with Gasteiger partial charge in [-0.05, 0) is 38.5 Å². The molecule has 1 aromatic rings. The van der Waals surface area contributed by atoms with Crippen LogP contribution < -0.4 is 0 Å². The summed E-state index contributed by atoms with van der Waals surface area (Å²) in [5.74, 6) is 2.43. The van der Waals surface area contributed by atoms with Crippen LogP contribution in [0.1, 0.15) is 75.9 Å². The molecule has 1 aliphatic carbocycles. The van der Waals surface area contributed by atoms with Gasteiger partial charge in [0.05, 0.1) is 0 Å². The van der Waals surface area contributed by atoms with Gasteiger partial charge in [-0.3, -0.25) is 4.79 Å². The molecule has 1 atom stereocenters. The summed E-state index contributed by atoms with van der Waals surface area (Å²) in [7, 11) is 0. The van der Waals surface area contributed by atoms with Crippen LogP contribution in [0.4, 0.5) is 0 Å². The smallest absolute Gasteiger partial charge is 0.229 e. The molecule has 4 rings (SSSR count). The Hall–Kier alpha value is -1.43. The van der Waals surface area contributed by atoms with Gasteiger partial charge in [-0.25, -0.2) is 0 Å². The van der Waals surface area contributed by atoms with Crippen LogP contribution in [0.15, 0.2) is 4.52 Å². The van der Waals surface area contributed by atoms with Gasteiger partial charge in [0.25, 0.3) is 0 Å². The molecule has 25 heavy (non-hydrogen) atoms. The number of carbonyl (C=O) groups excluding carboxylic acids is 1. The van der Waals surface area contributed by atoms with E-state index in [9.17, 15) is 4.79 Å². The van der Waals surface area contributed by atoms with E-state index in [1.54, 1.807) is 0 Å². The lowest BCUT2D eigenvalue weighted by molar-refractivity contribution is -0.137. The number of hydrogen-bond donors (Lipinski definition) is 0. The van der Waals surface area contributed by atoms with Crippen molar-refractivity contribution in [1.29, 1.82) is 0 Å². The lowest BCUT2D eigenvalue weighted by atomic mass is 9.80. The summed E-state index contributed by atoms with van der Waals surface area (Å²) in [5.41, 5.74) is -0.195. The van der Waals surface area contributed by atoms with Crippen LogP contribution in [-0.2, 0) is 14.9 Å². The molecule has 1 aromatic heterocycles. The first kappa shape index (κ1) is 17.0. The average molecular weight is 347 g/mol. The number of hydrogen-bond acceptors (Lipinski definition) is 5. The second-order valence-electron chi connectivity index (χ2n) is 8.25. The largest absolute Gasteiger partial charge is 0.381 e. The second-order valence-corrected chi connectivity index (χ2v) is 8.25. The summed E-state index contributed by atoms with van der Waals surface area (Å²) in [6.07, 6.45) is 8.42. The number of rotatable bonds is 3. The molecule has 0 bridgehead atoms. The minimum atomic E-state index is -0.195. The Kier molecular flexibility index (Phi) is 4.80. The molecule has 1 unspecified atom stereocenters. The second kappa shape index (κ2) is 7.06. The lowest BCUT2D eigenvalue weighted by Gasteiger charge is -2.39. The fourth-order valence-electron chi connectivity index (χ4n) is 4.63. The van der Waals surface area contributed by atoms with Crippen molar-refractivity contribution < 1.29 is 14.1 Å². The van der Waals surface area contributed by atoms with Crippen molar-refractivity contribution >= 4 is 5.91 Å². The third-order valence-electron chi connectivity index (χ3n) is 6.26. The van der Waals surface area contributed by atoms with Gasteiger partial charge in [0, 0.05) is 43.6 Å². The summed E-state index contributed by atoms with van der Waals surface area (Å²) in [4.78, 5) is 19.6. The highest BCUT2D eigenvalue weighted by Crippen LogP contribution is 2.36. The number of nitrogens with zero attached hydrogens (tertiary/aromatic N) is 3. The zero-order valence-electron chi connectivity index (χ0n) is 15.2. The summed E-state index contributed by atoms with van der Waals surface area (Å²) < 4.78 is 11.0. The molecular weight excluding hydrogens is 318 g/mol. The van der Waals surface area contributed by atoms with Gasteiger partial charge in [-0.15, -0.1) is 0 Å². The van der Waals surface area contributed by atoms with E-state index in [0.29, 0.717) is 11.8 Å². The Labute approximate surface area is 149 Å². The van der Waals surface area contributed by atoms with Gasteiger partial charge in [0.2, 0.25) is 11.8 Å². The molecule has 3 fully saturated rings. The molecule has 2 aliphatic heterocycles. The third kappa shape index (κ3) is 3.46. The molecule has 6 heteroatoms. The topological polar surface area (TPSA) is 68.5 Å². The molecule has 138 valence electrons. The van der Waals surface area contributed by atoms with Gasteiger partial charge < -0.3 is 14.2 Å². The van der Waals surface area contributed by atoms with Crippen LogP contribution >= 0.6 is 0 Å². The number of carbonyl (C=O) groups is 1. The van der Waals surface area contributed by atoms with E-state index in [1.807, 2.05) is 0 Å². The van der Waals surface area contributed by atoms with Gasteiger partial charge in [-0.2, -0.15) is 4.98 Å². The first-order valence-electron chi connectivity index (χ1n) is 9.86. The van der Waals surface area contributed by atoms with Gasteiger partial charge in [-0.1, -0.05) is 24.9 Å². The Bertz CT molecular complexity index is 605. The molecular formula is C19H29N3O3. The standard InChI is InChI=1S/C19H29N3O3/c1-19(18-20-16(25-21-18)14-7-11-24-12-8-14)9-4-10-22(13-19)17(23)15-5-2-3-6-15/h14-15H,2-13H2,1H3. The molecule has 0 aromatic carbocycles. The van der Waals surface area contributed by atoms with E-state index in [2.05, 4.69) is 17.0 Å². The highest BCUT2D eigenvalue weighted by molar-refractivity contribution is 5.79. The highest BCUT2D eigenvalue weighted by atomic mass is 16.5. The fourth-order valence-corrected chi connectivity index (χ4v) is 4.63. The molecule has 1 saturated carbocycles. The van der Waals surface area contributed by atoms with Crippen molar-refractivity contribution in [3.05, 3.63) is 11.7 Å². The molecule has 2 saturated heterocycles. The van der Waals surface area contributed by atoms with Crippen molar-refractivity contribution in [2.45, 2.75) is 69.6 Å². The molecule has 3 aliphatic rings. The minimum Gasteiger partial charge on any atom is -0.381 e. The Morgan fingerprint density at radius 2 is 1.92 bits per heavy atom. The lowest BCUT2D eigenvalue weighted by Crippen LogP contribution is -2.49. The SMILES string of the molecule is CC1(c2noc(C3CCOCC3)n2)CCCN(C(=O)C2CCCC2)C1. The van der Waals surface area contributed by atoms with Crippen LogP contribution in [0.25, 0.3) is 0 Å². The fraction of sp³-hybridized carbons (Fsp3) is 0.842. The molecule has 0 radical (unpaired) electrons. The summed E-state index contributed by atoms with van der Waals surface area (Å²) in [6, 6.07) is 0. The Morgan fingerprint density at radius 3 is 2.68 bits per heavy atom. The van der Waals surface area contributed by atoms with Crippen LogP contribution in [-0.4, -0.2) is 47.3 Å². The van der Waals surface area contributed by atoms with Crippen molar-refractivity contribution in [2.24, 2.45) is 5.92 Å². The van der Waals surface area contributed by atoms with E-state index in [-0.39, 0.29) is 11.3 Å². The maximum Gasteiger partial charge on any atom is 0.229 e. The van der Waals surface area contributed by atoms with Crippen molar-refractivity contribution in [2.75, 3.05) is 26.3 Å². The number of piperidine rings is 1. The van der Waals surface area contributed by atoms with E-state index >= 15 is 0 Å². The summed E-state index contributed by atoms with van der Waals surface area (Å²) in [6.45, 7) is 5.30. The zero-order chi connectivity index (χ0) is 17.3. The van der Waals surface area contributed by atoms with E-state index in [4.69, 9.17) is 14.2 Å². The van der Waals surface area contributed by atoms with Crippen LogP contribution in [0.2, 0.25) is 0 Å². The van der Waals surface area contributed by atoms with E-state index in [0.717, 1.165) is 76.5 Å². The van der Waals surface area contributed by atoms with Crippen molar-refractivity contribution in [3.8, 4) is 0 Å². The van der Waals surface area contributed by atoms with Gasteiger partial charge in [0.1, 0.15) is 0 Å². The van der Waals surface area contributed by atoms with Crippen molar-refractivity contribution in [3.63, 3.8) is 0 Å². The minimum absolute atomic E-state index is 0.195. The van der Waals surface area contributed by atoms with E-state index < -0.39 is 0 Å². The van der Waals surface area contributed by atoms with Crippen molar-refractivity contribution in [1.82, 2.24) is 15.0 Å². The average Bonchev–Trinajstić information content (AvgIpc) is 3.34. The number of likely N-dealkylation sites (tertiary alicyclic amines) is 1. The monoisotopic (exact) mass is 347 g/mol. The van der Waals surface area contributed by atoms with E-state index in [1.165, 1.54) is 12.8 Å². The number of aromatic nitrogens is 2. The van der Waals surface area contributed by atoms with Gasteiger partial charge >= 0.3 is 0 Å². The molecule has 3 heterocycles. The predicted octanol–water partition coefficient (Wildman–Crippen LogP) is 3.03. The maximum absolute atomic E-state index is 12.8. The highest BCUT2D eigenvalue weighted by Gasteiger charge is 2.40. The molecule has 1 amide bonds. The van der Waals surface area contributed by atoms with Crippen LogP contribution in [0, 0.1) is 5.92 Å². The summed E-state index contributed by atoms with van der Waals surface area (Å²) in [5, 5.41) is 4.31. The maximum atomic E-state index is 12.8. The number of ether oxygens (including phenoxy) is 1. The molecule has 6 nitrogen and oxygen atoms in total. The van der Waals surface area contributed by atoms with Gasteiger partial charge in [0.15, 0.2) is 5.82 Å². The molecule has 0 N–H and O–H groups in total. The molecule has 0 spiro atoms. The van der Waals surface area contributed by atoms with Crippen LogP contribution in [0.3, 0.4) is 0 Å². The van der Waals surface area contributed by atoms with Crippen LogP contribution in [0.5, 0.6) is 0 Å². The first-order valence-corrected chi connectivity index (χ1v) is 9.86. The predicted molar refractivity (Wildman–Crippen MR) is 92.2 cm³/mol. The zero-order valence-corrected chi connectivity index (χ0v) is 15.2. The normalized spacial score (nSPS) is 29.2. The Morgan fingerprint density at radius 1 is 1.16 bits per heavy atom. The Balaban J connectivity index is 1.46. The third-order valence-corrected chi connectivity index (χ3v) is 6.26. The number of amides is 1. The quantitative estimate of drug-likeness (QED) is 0.841. The first-order chi connectivity index (χ1) is 12.2. The summed E-state index contributed by atoms with van der Waals surface area (Å²) >= 11 is 0.